The van der Waals surface area contributed by atoms with Gasteiger partial charge in [0.15, 0.2) is 0 Å². The molecule has 1 rings (SSSR count). The van der Waals surface area contributed by atoms with Crippen molar-refractivity contribution in [2.45, 2.75) is 27.3 Å². The zero-order chi connectivity index (χ0) is 14.4. The van der Waals surface area contributed by atoms with Crippen LogP contribution in [-0.2, 0) is 6.54 Å². The van der Waals surface area contributed by atoms with Crippen molar-refractivity contribution in [2.75, 3.05) is 26.7 Å². The molecule has 0 aliphatic rings. The number of nitrogens with zero attached hydrogens (tertiary/aromatic N) is 1. The van der Waals surface area contributed by atoms with Gasteiger partial charge in [0.2, 0.25) is 0 Å². The first-order chi connectivity index (χ1) is 8.90. The maximum Gasteiger partial charge on any atom is 0.130 e. The molecule has 0 saturated heterocycles. The molecule has 0 aliphatic heterocycles. The van der Waals surface area contributed by atoms with E-state index in [1.54, 1.807) is 13.0 Å². The van der Waals surface area contributed by atoms with Gasteiger partial charge in [0.1, 0.15) is 11.6 Å². The Bertz CT molecular complexity index is 405. The van der Waals surface area contributed by atoms with Crippen LogP contribution in [0.4, 0.5) is 8.78 Å². The number of hydrogen-bond acceptors (Lipinski definition) is 2. The number of halogens is 2. The molecule has 0 aliphatic carbocycles. The van der Waals surface area contributed by atoms with E-state index < -0.39 is 11.6 Å². The number of rotatable bonds is 7. The molecular weight excluding hydrogens is 246 g/mol. The standard InChI is InChI=1S/C15H24F2N2/c1-11(2)9-18-5-6-19(4)10-13-7-12(3)14(16)8-15(13)17/h7-8,11,18H,5-6,9-10H2,1-4H3. The molecule has 0 unspecified atom stereocenters. The van der Waals surface area contributed by atoms with Gasteiger partial charge in [-0.1, -0.05) is 13.8 Å². The SMILES string of the molecule is Cc1cc(CN(C)CCNCC(C)C)c(F)cc1F. The molecule has 0 atom stereocenters. The third-order valence-corrected chi connectivity index (χ3v) is 2.99. The average molecular weight is 270 g/mol. The highest BCUT2D eigenvalue weighted by Crippen LogP contribution is 2.15. The predicted molar refractivity (Wildman–Crippen MR) is 75.1 cm³/mol. The van der Waals surface area contributed by atoms with Crippen molar-refractivity contribution >= 4 is 0 Å². The van der Waals surface area contributed by atoms with E-state index in [2.05, 4.69) is 19.2 Å². The lowest BCUT2D eigenvalue weighted by Gasteiger charge is -2.18. The maximum absolute atomic E-state index is 13.6. The smallest absolute Gasteiger partial charge is 0.130 e. The summed E-state index contributed by atoms with van der Waals surface area (Å²) < 4.78 is 26.8. The summed E-state index contributed by atoms with van der Waals surface area (Å²) in [6.45, 7) is 9.16. The highest BCUT2D eigenvalue weighted by molar-refractivity contribution is 5.25. The van der Waals surface area contributed by atoms with Crippen molar-refractivity contribution in [3.63, 3.8) is 0 Å². The van der Waals surface area contributed by atoms with Gasteiger partial charge in [-0.25, -0.2) is 8.78 Å². The minimum Gasteiger partial charge on any atom is -0.315 e. The van der Waals surface area contributed by atoms with Crippen LogP contribution in [0.2, 0.25) is 0 Å². The van der Waals surface area contributed by atoms with Crippen molar-refractivity contribution in [3.8, 4) is 0 Å². The molecule has 0 saturated carbocycles. The molecule has 4 heteroatoms. The maximum atomic E-state index is 13.6. The largest absolute Gasteiger partial charge is 0.315 e. The highest BCUT2D eigenvalue weighted by atomic mass is 19.1. The van der Waals surface area contributed by atoms with E-state index >= 15 is 0 Å². The van der Waals surface area contributed by atoms with E-state index in [4.69, 9.17) is 0 Å². The second-order valence-electron chi connectivity index (χ2n) is 5.53. The predicted octanol–water partition coefficient (Wildman–Crippen LogP) is 2.95. The summed E-state index contributed by atoms with van der Waals surface area (Å²) >= 11 is 0. The first-order valence-corrected chi connectivity index (χ1v) is 6.74. The van der Waals surface area contributed by atoms with Crippen molar-refractivity contribution in [3.05, 3.63) is 34.9 Å². The minimum absolute atomic E-state index is 0.468. The van der Waals surface area contributed by atoms with Crippen molar-refractivity contribution in [1.82, 2.24) is 10.2 Å². The summed E-state index contributed by atoms with van der Waals surface area (Å²) in [7, 11) is 1.94. The van der Waals surface area contributed by atoms with Crippen molar-refractivity contribution < 1.29 is 8.78 Å². The molecule has 0 aromatic heterocycles. The summed E-state index contributed by atoms with van der Waals surface area (Å²) in [6.07, 6.45) is 0. The molecule has 2 nitrogen and oxygen atoms in total. The zero-order valence-corrected chi connectivity index (χ0v) is 12.3. The Balaban J connectivity index is 2.44. The Kier molecular flexibility index (Phi) is 6.38. The fraction of sp³-hybridized carbons (Fsp3) is 0.600. The van der Waals surface area contributed by atoms with Crippen LogP contribution in [0.5, 0.6) is 0 Å². The van der Waals surface area contributed by atoms with Gasteiger partial charge in [0.05, 0.1) is 0 Å². The second kappa shape index (κ2) is 7.56. The Morgan fingerprint density at radius 3 is 2.53 bits per heavy atom. The Labute approximate surface area is 114 Å². The van der Waals surface area contributed by atoms with Crippen LogP contribution in [0.15, 0.2) is 12.1 Å². The number of hydrogen-bond donors (Lipinski definition) is 1. The van der Waals surface area contributed by atoms with Crippen LogP contribution in [-0.4, -0.2) is 31.6 Å². The summed E-state index contributed by atoms with van der Waals surface area (Å²) in [5.74, 6) is -0.324. The summed E-state index contributed by atoms with van der Waals surface area (Å²) in [4.78, 5) is 2.03. The minimum atomic E-state index is -0.484. The Morgan fingerprint density at radius 2 is 1.89 bits per heavy atom. The van der Waals surface area contributed by atoms with Crippen LogP contribution in [0, 0.1) is 24.5 Å². The van der Waals surface area contributed by atoms with E-state index in [9.17, 15) is 8.78 Å². The van der Waals surface area contributed by atoms with Gasteiger partial charge in [-0.15, -0.1) is 0 Å². The van der Waals surface area contributed by atoms with Crippen LogP contribution in [0.1, 0.15) is 25.0 Å². The first-order valence-electron chi connectivity index (χ1n) is 6.74. The van der Waals surface area contributed by atoms with E-state index in [0.717, 1.165) is 25.7 Å². The molecule has 1 aromatic carbocycles. The summed E-state index contributed by atoms with van der Waals surface area (Å²) in [5, 5.41) is 3.34. The molecular formula is C15H24F2N2. The summed E-state index contributed by atoms with van der Waals surface area (Å²) in [6, 6.07) is 2.55. The van der Waals surface area contributed by atoms with Crippen molar-refractivity contribution in [1.29, 1.82) is 0 Å². The third kappa shape index (κ3) is 5.66. The van der Waals surface area contributed by atoms with Crippen molar-refractivity contribution in [2.24, 2.45) is 5.92 Å². The third-order valence-electron chi connectivity index (χ3n) is 2.99. The quantitative estimate of drug-likeness (QED) is 0.766. The molecule has 0 radical (unpaired) electrons. The topological polar surface area (TPSA) is 15.3 Å². The van der Waals surface area contributed by atoms with E-state index in [0.29, 0.717) is 23.6 Å². The average Bonchev–Trinajstić information content (AvgIpc) is 2.31. The molecule has 1 aromatic rings. The number of likely N-dealkylation sites (N-methyl/N-ethyl adjacent to an activating group) is 1. The normalized spacial score (nSPS) is 11.6. The highest BCUT2D eigenvalue weighted by Gasteiger charge is 2.09. The lowest BCUT2D eigenvalue weighted by molar-refractivity contribution is 0.316. The van der Waals surface area contributed by atoms with Gasteiger partial charge in [-0.3, -0.25) is 0 Å². The molecule has 0 spiro atoms. The lowest BCUT2D eigenvalue weighted by Crippen LogP contribution is -2.31. The van der Waals surface area contributed by atoms with Crippen LogP contribution < -0.4 is 5.32 Å². The van der Waals surface area contributed by atoms with E-state index in [1.165, 1.54) is 0 Å². The Hall–Kier alpha value is -1.00. The molecule has 0 amide bonds. The molecule has 108 valence electrons. The second-order valence-corrected chi connectivity index (χ2v) is 5.53. The van der Waals surface area contributed by atoms with E-state index in [1.807, 2.05) is 11.9 Å². The fourth-order valence-electron chi connectivity index (χ4n) is 1.87. The number of aryl methyl sites for hydroxylation is 1. The van der Waals surface area contributed by atoms with Gasteiger partial charge < -0.3 is 10.2 Å². The monoisotopic (exact) mass is 270 g/mol. The molecule has 1 N–H and O–H groups in total. The van der Waals surface area contributed by atoms with Crippen LogP contribution in [0.25, 0.3) is 0 Å². The van der Waals surface area contributed by atoms with Crippen LogP contribution >= 0.6 is 0 Å². The van der Waals surface area contributed by atoms with E-state index in [-0.39, 0.29) is 0 Å². The van der Waals surface area contributed by atoms with Gasteiger partial charge in [0.25, 0.3) is 0 Å². The van der Waals surface area contributed by atoms with Gasteiger partial charge in [-0.2, -0.15) is 0 Å². The van der Waals surface area contributed by atoms with Gasteiger partial charge >= 0.3 is 0 Å². The fourth-order valence-corrected chi connectivity index (χ4v) is 1.87. The zero-order valence-electron chi connectivity index (χ0n) is 12.3. The van der Waals surface area contributed by atoms with Crippen LogP contribution in [0.3, 0.4) is 0 Å². The number of benzene rings is 1. The first kappa shape index (κ1) is 16.1. The molecule has 0 bridgehead atoms. The number of nitrogens with one attached hydrogen (secondary N) is 1. The summed E-state index contributed by atoms with van der Waals surface area (Å²) in [5.41, 5.74) is 1.04. The Morgan fingerprint density at radius 1 is 1.21 bits per heavy atom. The molecule has 0 fully saturated rings. The lowest BCUT2D eigenvalue weighted by atomic mass is 10.1. The molecule has 0 heterocycles. The van der Waals surface area contributed by atoms with Gasteiger partial charge in [-0.05, 0) is 38.1 Å². The van der Waals surface area contributed by atoms with Gasteiger partial charge in [0, 0.05) is 31.3 Å². The molecule has 19 heavy (non-hydrogen) atoms.